The highest BCUT2D eigenvalue weighted by Crippen LogP contribution is 2.48. The van der Waals surface area contributed by atoms with Gasteiger partial charge in [0.05, 0.1) is 30.4 Å². The summed E-state index contributed by atoms with van der Waals surface area (Å²) in [6.07, 6.45) is 1.05. The molecule has 3 atom stereocenters. The minimum Gasteiger partial charge on any atom is -0.491 e. The van der Waals surface area contributed by atoms with Gasteiger partial charge in [-0.05, 0) is 60.2 Å². The molecule has 5 nitrogen and oxygen atoms in total. The standard InChI is InChI=1S/C27H23Cl2NO4/c28-19-10-8-17(9-11-19)24-23(25(31)18-4-2-1-3-5-18)26(32)27(33)30(24)21-14-20(29)12-13-22(21)34-15-16-6-7-16/h1-5,8-14,16,23-25,31H,6-7,15H2. The molecule has 0 aromatic heterocycles. The van der Waals surface area contributed by atoms with Gasteiger partial charge in [-0.15, -0.1) is 0 Å². The Hall–Kier alpha value is -2.86. The third-order valence-corrected chi connectivity index (χ3v) is 6.88. The van der Waals surface area contributed by atoms with Crippen LogP contribution in [0.5, 0.6) is 5.75 Å². The van der Waals surface area contributed by atoms with Crippen molar-refractivity contribution in [3.05, 3.63) is 94.0 Å². The first kappa shape index (κ1) is 22.9. The Morgan fingerprint density at radius 3 is 2.29 bits per heavy atom. The lowest BCUT2D eigenvalue weighted by atomic mass is 9.85. The van der Waals surface area contributed by atoms with E-state index in [-0.39, 0.29) is 0 Å². The van der Waals surface area contributed by atoms with E-state index in [1.807, 2.05) is 6.07 Å². The van der Waals surface area contributed by atoms with Crippen LogP contribution in [0.2, 0.25) is 10.0 Å². The van der Waals surface area contributed by atoms with Crippen LogP contribution < -0.4 is 9.64 Å². The zero-order chi connectivity index (χ0) is 23.8. The zero-order valence-electron chi connectivity index (χ0n) is 18.2. The first-order valence-corrected chi connectivity index (χ1v) is 12.0. The van der Waals surface area contributed by atoms with E-state index in [2.05, 4.69) is 0 Å². The molecule has 1 heterocycles. The Bertz CT molecular complexity index is 1210. The Morgan fingerprint density at radius 1 is 0.941 bits per heavy atom. The van der Waals surface area contributed by atoms with E-state index in [0.717, 1.165) is 12.8 Å². The van der Waals surface area contributed by atoms with E-state index in [1.165, 1.54) is 4.90 Å². The first-order chi connectivity index (χ1) is 16.4. The van der Waals surface area contributed by atoms with Gasteiger partial charge in [0.2, 0.25) is 5.78 Å². The van der Waals surface area contributed by atoms with Gasteiger partial charge in [-0.1, -0.05) is 65.7 Å². The predicted octanol–water partition coefficient (Wildman–Crippen LogP) is 5.79. The molecule has 1 saturated heterocycles. The number of ether oxygens (including phenoxy) is 1. The normalized spacial score (nSPS) is 21.1. The minimum atomic E-state index is -1.18. The average Bonchev–Trinajstić information content (AvgIpc) is 3.64. The van der Waals surface area contributed by atoms with E-state index in [9.17, 15) is 14.7 Å². The van der Waals surface area contributed by atoms with Crippen LogP contribution in [0.25, 0.3) is 0 Å². The second-order valence-corrected chi connectivity index (χ2v) is 9.66. The largest absolute Gasteiger partial charge is 0.491 e. The lowest BCUT2D eigenvalue weighted by molar-refractivity contribution is -0.137. The topological polar surface area (TPSA) is 66.8 Å². The van der Waals surface area contributed by atoms with Crippen LogP contribution in [0.3, 0.4) is 0 Å². The van der Waals surface area contributed by atoms with E-state index < -0.39 is 29.8 Å². The number of anilines is 1. The van der Waals surface area contributed by atoms with Crippen LogP contribution in [0.1, 0.15) is 36.1 Å². The van der Waals surface area contributed by atoms with Gasteiger partial charge >= 0.3 is 0 Å². The van der Waals surface area contributed by atoms with Gasteiger partial charge in [0.25, 0.3) is 5.91 Å². The number of hydrogen-bond acceptors (Lipinski definition) is 4. The Kier molecular flexibility index (Phi) is 6.34. The van der Waals surface area contributed by atoms with Crippen molar-refractivity contribution in [3.8, 4) is 5.75 Å². The number of Topliss-reactive ketones (excluding diaryl/α,β-unsaturated/α-hetero) is 1. The van der Waals surface area contributed by atoms with Crippen molar-refractivity contribution in [2.45, 2.75) is 25.0 Å². The summed E-state index contributed by atoms with van der Waals surface area (Å²) in [6, 6.07) is 20.1. The molecule has 5 rings (SSSR count). The van der Waals surface area contributed by atoms with E-state index >= 15 is 0 Å². The van der Waals surface area contributed by atoms with Crippen molar-refractivity contribution in [3.63, 3.8) is 0 Å². The summed E-state index contributed by atoms with van der Waals surface area (Å²) in [7, 11) is 0. The summed E-state index contributed by atoms with van der Waals surface area (Å²) in [5, 5.41) is 12.2. The maximum Gasteiger partial charge on any atom is 0.295 e. The number of amides is 1. The van der Waals surface area contributed by atoms with Gasteiger partial charge in [0.1, 0.15) is 5.75 Å². The van der Waals surface area contributed by atoms with Crippen molar-refractivity contribution >= 4 is 40.6 Å². The molecule has 7 heteroatoms. The van der Waals surface area contributed by atoms with Crippen molar-refractivity contribution < 1.29 is 19.4 Å². The number of benzene rings is 3. The lowest BCUT2D eigenvalue weighted by Gasteiger charge is -2.31. The zero-order valence-corrected chi connectivity index (χ0v) is 19.7. The smallest absolute Gasteiger partial charge is 0.295 e. The van der Waals surface area contributed by atoms with Crippen molar-refractivity contribution in [2.75, 3.05) is 11.5 Å². The summed E-state index contributed by atoms with van der Waals surface area (Å²) in [4.78, 5) is 28.2. The van der Waals surface area contributed by atoms with E-state index in [1.54, 1.807) is 66.7 Å². The second-order valence-electron chi connectivity index (χ2n) is 8.78. The Morgan fingerprint density at radius 2 is 1.62 bits per heavy atom. The van der Waals surface area contributed by atoms with E-state index in [0.29, 0.717) is 45.1 Å². The fourth-order valence-corrected chi connectivity index (χ4v) is 4.73. The van der Waals surface area contributed by atoms with Crippen LogP contribution in [0, 0.1) is 11.8 Å². The number of aliphatic hydroxyl groups is 1. The SMILES string of the molecule is O=C1C(=O)N(c2cc(Cl)ccc2OCC2CC2)C(c2ccc(Cl)cc2)C1C(O)c1ccccc1. The van der Waals surface area contributed by atoms with Crippen LogP contribution in [-0.2, 0) is 9.59 Å². The summed E-state index contributed by atoms with van der Waals surface area (Å²) in [5.74, 6) is -1.42. The second kappa shape index (κ2) is 9.41. The molecule has 0 spiro atoms. The highest BCUT2D eigenvalue weighted by molar-refractivity contribution is 6.45. The maximum absolute atomic E-state index is 13.5. The molecule has 2 aliphatic rings. The van der Waals surface area contributed by atoms with Crippen molar-refractivity contribution in [1.29, 1.82) is 0 Å². The molecule has 1 aliphatic carbocycles. The maximum atomic E-state index is 13.5. The molecule has 0 bridgehead atoms. The highest BCUT2D eigenvalue weighted by atomic mass is 35.5. The number of ketones is 1. The van der Waals surface area contributed by atoms with Gasteiger partial charge in [-0.25, -0.2) is 0 Å². The monoisotopic (exact) mass is 495 g/mol. The molecule has 1 N–H and O–H groups in total. The molecule has 1 saturated carbocycles. The summed E-state index contributed by atoms with van der Waals surface area (Å²) in [6.45, 7) is 0.534. The quantitative estimate of drug-likeness (QED) is 0.421. The van der Waals surface area contributed by atoms with Gasteiger partial charge in [0, 0.05) is 10.0 Å². The summed E-state index contributed by atoms with van der Waals surface area (Å²) >= 11 is 12.4. The molecule has 2 fully saturated rings. The number of halogens is 2. The predicted molar refractivity (Wildman–Crippen MR) is 131 cm³/mol. The number of carbonyl (C=O) groups is 2. The third-order valence-electron chi connectivity index (χ3n) is 6.40. The van der Waals surface area contributed by atoms with E-state index in [4.69, 9.17) is 27.9 Å². The fraction of sp³-hybridized carbons (Fsp3) is 0.259. The molecule has 3 aromatic rings. The van der Waals surface area contributed by atoms with Crippen molar-refractivity contribution in [1.82, 2.24) is 0 Å². The number of hydrogen-bond donors (Lipinski definition) is 1. The molecule has 1 amide bonds. The third kappa shape index (κ3) is 4.43. The number of nitrogens with zero attached hydrogens (tertiary/aromatic N) is 1. The van der Waals surface area contributed by atoms with Crippen LogP contribution in [0.15, 0.2) is 72.8 Å². The molecule has 34 heavy (non-hydrogen) atoms. The van der Waals surface area contributed by atoms with Gasteiger partial charge in [-0.3, -0.25) is 14.5 Å². The Labute approximate surface area is 207 Å². The van der Waals surface area contributed by atoms with Crippen LogP contribution in [0.4, 0.5) is 5.69 Å². The number of rotatable bonds is 7. The lowest BCUT2D eigenvalue weighted by Crippen LogP contribution is -2.30. The molecule has 3 unspecified atom stereocenters. The van der Waals surface area contributed by atoms with Crippen LogP contribution >= 0.6 is 23.2 Å². The van der Waals surface area contributed by atoms with Gasteiger partial charge < -0.3 is 9.84 Å². The molecule has 1 aliphatic heterocycles. The van der Waals surface area contributed by atoms with Crippen molar-refractivity contribution in [2.24, 2.45) is 11.8 Å². The molecular weight excluding hydrogens is 473 g/mol. The molecule has 174 valence electrons. The molecule has 0 radical (unpaired) electrons. The van der Waals surface area contributed by atoms with Crippen LogP contribution in [-0.4, -0.2) is 23.4 Å². The first-order valence-electron chi connectivity index (χ1n) is 11.2. The average molecular weight is 496 g/mol. The molecular formula is C27H23Cl2NO4. The highest BCUT2D eigenvalue weighted by Gasteiger charge is 2.52. The van der Waals surface area contributed by atoms with Gasteiger partial charge in [0.15, 0.2) is 0 Å². The minimum absolute atomic E-state index is 0.411. The molecule has 3 aromatic carbocycles. The van der Waals surface area contributed by atoms with Gasteiger partial charge in [-0.2, -0.15) is 0 Å². The number of carbonyl (C=O) groups excluding carboxylic acids is 2. The summed E-state index contributed by atoms with van der Waals surface area (Å²) < 4.78 is 6.05. The number of aliphatic hydroxyl groups excluding tert-OH is 1. The Balaban J connectivity index is 1.62. The fourth-order valence-electron chi connectivity index (χ4n) is 4.43. The summed E-state index contributed by atoms with van der Waals surface area (Å²) in [5.41, 5.74) is 1.65.